The van der Waals surface area contributed by atoms with Crippen molar-refractivity contribution in [2.24, 2.45) is 0 Å². The van der Waals surface area contributed by atoms with Crippen molar-refractivity contribution in [3.8, 4) is 11.5 Å². The summed E-state index contributed by atoms with van der Waals surface area (Å²) < 4.78 is 13.1. The van der Waals surface area contributed by atoms with Crippen molar-refractivity contribution in [2.75, 3.05) is 29.9 Å². The third kappa shape index (κ3) is 6.50. The average molecular weight is 681 g/mol. The number of carbonyl (C=O) groups excluding carboxylic acids is 3. The van der Waals surface area contributed by atoms with E-state index in [1.54, 1.807) is 11.0 Å². The van der Waals surface area contributed by atoms with E-state index in [0.29, 0.717) is 52.7 Å². The quantitative estimate of drug-likeness (QED) is 0.107. The summed E-state index contributed by atoms with van der Waals surface area (Å²) in [6, 6.07) is 38.2. The number of ether oxygens (including phenoxy) is 2. The van der Waals surface area contributed by atoms with Gasteiger partial charge in [0.25, 0.3) is 0 Å². The molecular formula is C42H40N4O5. The zero-order valence-electron chi connectivity index (χ0n) is 28.7. The van der Waals surface area contributed by atoms with Crippen LogP contribution in [0.2, 0.25) is 0 Å². The zero-order valence-corrected chi connectivity index (χ0v) is 28.7. The van der Waals surface area contributed by atoms with Crippen molar-refractivity contribution < 1.29 is 23.9 Å². The molecule has 1 spiro atoms. The maximum atomic E-state index is 13.9. The van der Waals surface area contributed by atoms with E-state index in [0.717, 1.165) is 42.6 Å². The van der Waals surface area contributed by atoms with Crippen LogP contribution in [0.5, 0.6) is 11.5 Å². The number of nitrogens with zero attached hydrogens (tertiary/aromatic N) is 2. The molecular weight excluding hydrogens is 640 g/mol. The topological polar surface area (TPSA) is 100 Å². The van der Waals surface area contributed by atoms with Crippen LogP contribution in [-0.2, 0) is 15.1 Å². The first-order valence-electron chi connectivity index (χ1n) is 17.3. The fourth-order valence-corrected chi connectivity index (χ4v) is 6.90. The molecule has 0 radical (unpaired) electrons. The monoisotopic (exact) mass is 680 g/mol. The first kappa shape index (κ1) is 33.4. The first-order valence-corrected chi connectivity index (χ1v) is 17.3. The van der Waals surface area contributed by atoms with Crippen LogP contribution in [0, 0.1) is 0 Å². The van der Waals surface area contributed by atoms with Gasteiger partial charge in [-0.05, 0) is 73.5 Å². The molecule has 7 rings (SSSR count). The Morgan fingerprint density at radius 3 is 2.00 bits per heavy atom. The molecule has 3 amide bonds. The van der Waals surface area contributed by atoms with Crippen molar-refractivity contribution in [1.29, 1.82) is 0 Å². The van der Waals surface area contributed by atoms with Crippen LogP contribution in [0.15, 0.2) is 121 Å². The SMILES string of the molecule is CC(=O)NCCCCCCNC(=O)N(c1ccccc1)c1ccc2c(c1)C1(OC(=O)c3ccccc31)c1ccc(N(C)c3ccccc3)cc1O2. The molecule has 2 heterocycles. The van der Waals surface area contributed by atoms with Gasteiger partial charge in [0.15, 0.2) is 5.60 Å². The number of hydrogen-bond donors (Lipinski definition) is 2. The van der Waals surface area contributed by atoms with Gasteiger partial charge in [0.1, 0.15) is 11.5 Å². The average Bonchev–Trinajstić information content (AvgIpc) is 3.45. The summed E-state index contributed by atoms with van der Waals surface area (Å²) in [6.45, 7) is 2.67. The number of urea groups is 1. The number of unbranched alkanes of at least 4 members (excludes halogenated alkanes) is 3. The number of rotatable bonds is 11. The largest absolute Gasteiger partial charge is 0.456 e. The maximum absolute atomic E-state index is 13.9. The van der Waals surface area contributed by atoms with Gasteiger partial charge in [-0.2, -0.15) is 0 Å². The van der Waals surface area contributed by atoms with Crippen molar-refractivity contribution in [3.05, 3.63) is 144 Å². The summed E-state index contributed by atoms with van der Waals surface area (Å²) in [4.78, 5) is 42.3. The smallest absolute Gasteiger partial charge is 0.340 e. The van der Waals surface area contributed by atoms with E-state index in [-0.39, 0.29) is 11.9 Å². The minimum Gasteiger partial charge on any atom is -0.456 e. The van der Waals surface area contributed by atoms with E-state index >= 15 is 0 Å². The minimum absolute atomic E-state index is 0.0248. The van der Waals surface area contributed by atoms with Crippen LogP contribution >= 0.6 is 0 Å². The van der Waals surface area contributed by atoms with E-state index in [4.69, 9.17) is 9.47 Å². The van der Waals surface area contributed by atoms with Gasteiger partial charge < -0.3 is 25.0 Å². The molecule has 1 atom stereocenters. The van der Waals surface area contributed by atoms with Gasteiger partial charge in [0, 0.05) is 61.2 Å². The number of esters is 1. The highest BCUT2D eigenvalue weighted by molar-refractivity contribution is 6.00. The molecule has 9 heteroatoms. The Bertz CT molecular complexity index is 2070. The molecule has 5 aromatic carbocycles. The number of anilines is 4. The van der Waals surface area contributed by atoms with Gasteiger partial charge in [0.05, 0.1) is 16.9 Å². The van der Waals surface area contributed by atoms with Gasteiger partial charge in [-0.3, -0.25) is 9.69 Å². The molecule has 5 aromatic rings. The van der Waals surface area contributed by atoms with Gasteiger partial charge >= 0.3 is 12.0 Å². The predicted molar refractivity (Wildman–Crippen MR) is 198 cm³/mol. The van der Waals surface area contributed by atoms with Crippen molar-refractivity contribution in [2.45, 2.75) is 38.2 Å². The molecule has 0 aliphatic carbocycles. The lowest BCUT2D eigenvalue weighted by Gasteiger charge is -2.38. The second-order valence-corrected chi connectivity index (χ2v) is 12.8. The number of para-hydroxylation sites is 2. The molecule has 0 saturated carbocycles. The standard InChI is InChI=1S/C42H40N4O5/c1-29(47)43-25-13-3-4-14-26-44-41(49)46(31-17-9-6-10-18-31)33-22-24-38-37(27-33)42(35-20-12-11-19-34(35)40(48)51-42)36-23-21-32(28-39(36)50-38)45(2)30-15-7-5-8-16-30/h5-12,15-24,27-28H,3-4,13-14,25-26H2,1-2H3,(H,43,47)(H,44,49). The number of benzene rings is 5. The maximum Gasteiger partial charge on any atom is 0.340 e. The fourth-order valence-electron chi connectivity index (χ4n) is 6.90. The number of hydrogen-bond acceptors (Lipinski definition) is 6. The summed E-state index contributed by atoms with van der Waals surface area (Å²) in [7, 11) is 2.00. The van der Waals surface area contributed by atoms with Crippen LogP contribution in [0.25, 0.3) is 0 Å². The minimum atomic E-state index is -1.30. The molecule has 1 unspecified atom stereocenters. The van der Waals surface area contributed by atoms with Gasteiger partial charge in [-0.1, -0.05) is 67.4 Å². The number of nitrogens with one attached hydrogen (secondary N) is 2. The third-order valence-corrected chi connectivity index (χ3v) is 9.44. The highest BCUT2D eigenvalue weighted by atomic mass is 16.6. The van der Waals surface area contributed by atoms with E-state index < -0.39 is 11.6 Å². The molecule has 9 nitrogen and oxygen atoms in total. The Morgan fingerprint density at radius 1 is 0.627 bits per heavy atom. The number of amides is 3. The van der Waals surface area contributed by atoms with Gasteiger partial charge in [-0.15, -0.1) is 0 Å². The summed E-state index contributed by atoms with van der Waals surface area (Å²) in [5.74, 6) is 0.663. The van der Waals surface area contributed by atoms with E-state index in [1.807, 2.05) is 122 Å². The van der Waals surface area contributed by atoms with Crippen LogP contribution in [-0.4, -0.2) is 38.0 Å². The lowest BCUT2D eigenvalue weighted by molar-refractivity contribution is -0.118. The number of fused-ring (bicyclic) bond motifs is 6. The molecule has 0 fully saturated rings. The van der Waals surface area contributed by atoms with Crippen LogP contribution in [0.1, 0.15) is 59.7 Å². The Labute approximate surface area is 297 Å². The Hall–Kier alpha value is -6.09. The molecule has 2 N–H and O–H groups in total. The van der Waals surface area contributed by atoms with Crippen LogP contribution in [0.4, 0.5) is 27.5 Å². The lowest BCUT2D eigenvalue weighted by Crippen LogP contribution is -2.38. The van der Waals surface area contributed by atoms with Gasteiger partial charge in [-0.25, -0.2) is 9.59 Å². The summed E-state index contributed by atoms with van der Waals surface area (Å²) in [5, 5.41) is 5.91. The van der Waals surface area contributed by atoms with E-state index in [1.165, 1.54) is 6.92 Å². The van der Waals surface area contributed by atoms with Crippen molar-refractivity contribution >= 4 is 40.7 Å². The molecule has 2 aliphatic heterocycles. The number of carbonyl (C=O) groups is 3. The third-order valence-electron chi connectivity index (χ3n) is 9.44. The second kappa shape index (κ2) is 14.4. The lowest BCUT2D eigenvalue weighted by atomic mass is 9.77. The molecule has 51 heavy (non-hydrogen) atoms. The highest BCUT2D eigenvalue weighted by Gasteiger charge is 2.53. The van der Waals surface area contributed by atoms with E-state index in [2.05, 4.69) is 15.5 Å². The normalized spacial score (nSPS) is 15.1. The zero-order chi connectivity index (χ0) is 35.4. The van der Waals surface area contributed by atoms with Gasteiger partial charge in [0.2, 0.25) is 5.91 Å². The molecule has 0 saturated heterocycles. The molecule has 0 bridgehead atoms. The Kier molecular flexibility index (Phi) is 9.44. The van der Waals surface area contributed by atoms with Crippen LogP contribution in [0.3, 0.4) is 0 Å². The highest BCUT2D eigenvalue weighted by Crippen LogP contribution is 2.57. The Morgan fingerprint density at radius 2 is 1.27 bits per heavy atom. The molecule has 2 aliphatic rings. The fraction of sp³-hybridized carbons (Fsp3) is 0.214. The summed E-state index contributed by atoms with van der Waals surface area (Å²) in [5.41, 5.74) is 4.45. The van der Waals surface area contributed by atoms with Crippen LogP contribution < -0.4 is 25.2 Å². The van der Waals surface area contributed by atoms with Crippen molar-refractivity contribution in [3.63, 3.8) is 0 Å². The Balaban J connectivity index is 1.24. The summed E-state index contributed by atoms with van der Waals surface area (Å²) in [6.07, 6.45) is 3.58. The molecule has 258 valence electrons. The molecule has 0 aromatic heterocycles. The van der Waals surface area contributed by atoms with E-state index in [9.17, 15) is 14.4 Å². The first-order chi connectivity index (χ1) is 24.9. The summed E-state index contributed by atoms with van der Waals surface area (Å²) >= 11 is 0. The second-order valence-electron chi connectivity index (χ2n) is 12.8. The predicted octanol–water partition coefficient (Wildman–Crippen LogP) is 8.57. The van der Waals surface area contributed by atoms with Crippen molar-refractivity contribution in [1.82, 2.24) is 10.6 Å².